The van der Waals surface area contributed by atoms with Gasteiger partial charge in [-0.05, 0) is 111 Å². The Bertz CT molecular complexity index is 930. The molecule has 1 N–H and O–H groups in total. The summed E-state index contributed by atoms with van der Waals surface area (Å²) in [6, 6.07) is 17.7. The van der Waals surface area contributed by atoms with Crippen molar-refractivity contribution in [2.24, 2.45) is 11.8 Å². The maximum Gasteiger partial charge on any atom is 0.305 e. The quantitative estimate of drug-likeness (QED) is 0.0517. The third-order valence-electron chi connectivity index (χ3n) is 10.9. The number of unbranched alkanes of at least 4 members (excludes halogenated alkanes) is 1. The molecule has 258 valence electrons. The van der Waals surface area contributed by atoms with Gasteiger partial charge in [0.25, 0.3) is 0 Å². The van der Waals surface area contributed by atoms with Crippen LogP contribution in [0.15, 0.2) is 42.5 Å². The molecule has 7 heteroatoms. The van der Waals surface area contributed by atoms with Gasteiger partial charge in [0.15, 0.2) is 16.6 Å². The fraction of sp³-hybridized carbons (Fsp3) is 0.763. The highest BCUT2D eigenvalue weighted by Gasteiger charge is 2.45. The van der Waals surface area contributed by atoms with E-state index in [1.165, 1.54) is 5.56 Å². The lowest BCUT2D eigenvalue weighted by atomic mass is 9.85. The van der Waals surface area contributed by atoms with Crippen LogP contribution >= 0.6 is 0 Å². The van der Waals surface area contributed by atoms with Crippen molar-refractivity contribution in [2.45, 2.75) is 167 Å². The molecule has 2 rings (SSSR count). The van der Waals surface area contributed by atoms with Crippen LogP contribution in [-0.2, 0) is 24.8 Å². The molecule has 0 spiro atoms. The number of hydrogen-bond donors (Lipinski definition) is 1. The maximum atomic E-state index is 11.9. The monoisotopic (exact) mass is 660 g/mol. The molecule has 0 unspecified atom stereocenters. The minimum Gasteiger partial charge on any atom is -0.466 e. The Kier molecular flexibility index (Phi) is 19.1. The molecule has 5 atom stereocenters. The lowest BCUT2D eigenvalue weighted by Gasteiger charge is -2.36. The third kappa shape index (κ3) is 13.0. The van der Waals surface area contributed by atoms with Crippen LogP contribution < -0.4 is 0 Å². The second kappa shape index (κ2) is 21.6. The molecule has 5 nitrogen and oxygen atoms in total. The van der Waals surface area contributed by atoms with Gasteiger partial charge < -0.3 is 18.7 Å². The van der Waals surface area contributed by atoms with Gasteiger partial charge in [0, 0.05) is 12.5 Å². The maximum absolute atomic E-state index is 11.9. The molecule has 1 aromatic rings. The van der Waals surface area contributed by atoms with E-state index in [0.717, 1.165) is 94.1 Å². The zero-order valence-corrected chi connectivity index (χ0v) is 32.0. The zero-order valence-electron chi connectivity index (χ0n) is 30.0. The van der Waals surface area contributed by atoms with Gasteiger partial charge in [-0.15, -0.1) is 0 Å². The van der Waals surface area contributed by atoms with E-state index < -0.39 is 16.6 Å². The third-order valence-corrected chi connectivity index (χ3v) is 20.3. The summed E-state index contributed by atoms with van der Waals surface area (Å²) in [6.07, 6.45) is 13.2. The summed E-state index contributed by atoms with van der Waals surface area (Å²) in [5.41, 5.74) is 1.37. The normalized spacial score (nSPS) is 21.4. The van der Waals surface area contributed by atoms with Crippen LogP contribution in [0.1, 0.15) is 112 Å². The number of rotatable bonds is 24. The molecular weight excluding hydrogens is 593 g/mol. The highest BCUT2D eigenvalue weighted by molar-refractivity contribution is 6.74. The van der Waals surface area contributed by atoms with Crippen LogP contribution in [-0.4, -0.2) is 52.6 Å². The average molecular weight is 661 g/mol. The van der Waals surface area contributed by atoms with E-state index >= 15 is 0 Å². The van der Waals surface area contributed by atoms with Crippen LogP contribution in [0.4, 0.5) is 0 Å². The van der Waals surface area contributed by atoms with Gasteiger partial charge in [0.2, 0.25) is 0 Å². The van der Waals surface area contributed by atoms with Crippen molar-refractivity contribution in [1.29, 1.82) is 0 Å². The number of esters is 1. The number of carbonyl (C=O) groups is 1. The van der Waals surface area contributed by atoms with Gasteiger partial charge in [0.1, 0.15) is 0 Å². The summed E-state index contributed by atoms with van der Waals surface area (Å²) in [7, 11) is -3.58. The van der Waals surface area contributed by atoms with E-state index in [2.05, 4.69) is 84.0 Å². The van der Waals surface area contributed by atoms with Crippen LogP contribution in [0, 0.1) is 11.8 Å². The van der Waals surface area contributed by atoms with Crippen LogP contribution in [0.5, 0.6) is 0 Å². The first-order valence-electron chi connectivity index (χ1n) is 18.6. The van der Waals surface area contributed by atoms with E-state index in [1.54, 1.807) is 0 Å². The summed E-state index contributed by atoms with van der Waals surface area (Å²) in [4.78, 5) is 11.9. The van der Waals surface area contributed by atoms with Crippen molar-refractivity contribution in [3.8, 4) is 0 Å². The predicted octanol–water partition coefficient (Wildman–Crippen LogP) is 10.2. The van der Waals surface area contributed by atoms with Gasteiger partial charge in [-0.1, -0.05) is 91.0 Å². The Morgan fingerprint density at radius 2 is 1.53 bits per heavy atom. The largest absolute Gasteiger partial charge is 0.466 e. The van der Waals surface area contributed by atoms with Gasteiger partial charge >= 0.3 is 5.97 Å². The van der Waals surface area contributed by atoms with Crippen molar-refractivity contribution in [1.82, 2.24) is 0 Å². The highest BCUT2D eigenvalue weighted by Crippen LogP contribution is 2.43. The van der Waals surface area contributed by atoms with Crippen molar-refractivity contribution in [3.05, 3.63) is 48.0 Å². The molecule has 1 aliphatic carbocycles. The summed E-state index contributed by atoms with van der Waals surface area (Å²) >= 11 is 0. The minimum absolute atomic E-state index is 0.0944. The lowest BCUT2D eigenvalue weighted by Crippen LogP contribution is -2.42. The smallest absolute Gasteiger partial charge is 0.305 e. The van der Waals surface area contributed by atoms with E-state index in [4.69, 9.17) is 13.6 Å². The topological polar surface area (TPSA) is 65.0 Å². The van der Waals surface area contributed by atoms with Crippen LogP contribution in [0.3, 0.4) is 0 Å². The Hall–Kier alpha value is -1.26. The first-order chi connectivity index (χ1) is 21.7. The number of carbonyl (C=O) groups excluding carboxylic acids is 1. The lowest BCUT2D eigenvalue weighted by molar-refractivity contribution is -0.143. The molecule has 45 heavy (non-hydrogen) atoms. The average Bonchev–Trinajstić information content (AvgIpc) is 3.37. The van der Waals surface area contributed by atoms with Crippen molar-refractivity contribution >= 4 is 22.6 Å². The Balaban J connectivity index is 2.18. The first-order valence-corrected chi connectivity index (χ1v) is 23.7. The van der Waals surface area contributed by atoms with Gasteiger partial charge in [-0.25, -0.2) is 0 Å². The highest BCUT2D eigenvalue weighted by atomic mass is 28.4. The predicted molar refractivity (Wildman–Crippen MR) is 195 cm³/mol. The number of allylic oxidation sites excluding steroid dienone is 2. The first kappa shape index (κ1) is 39.9. The van der Waals surface area contributed by atoms with E-state index in [-0.39, 0.29) is 30.2 Å². The molecule has 0 amide bonds. The number of aliphatic hydroxyl groups is 1. The second-order valence-corrected chi connectivity index (χ2v) is 22.9. The standard InChI is InChI=1S/C38H68O5Si2/c1-8-30-41-38(40)25-21-16-15-20-24-35-34(36(39)31-37(35)43-45(12-5,13-6)14-7)29-28-33(42-44(9-2,10-3)11-4)27-26-32-22-18-17-19-23-32/h15,17-20,22-23,33-37,39H,8-14,16,21,24-31H2,1-7H3/b20-15-/t33-,34+,35+,36+,37-/m0/s1. The van der Waals surface area contributed by atoms with Crippen LogP contribution in [0.25, 0.3) is 0 Å². The Morgan fingerprint density at radius 1 is 0.889 bits per heavy atom. The fourth-order valence-electron chi connectivity index (χ4n) is 7.33. The molecule has 1 aliphatic rings. The number of aliphatic hydroxyl groups excluding tert-OH is 1. The van der Waals surface area contributed by atoms with Crippen molar-refractivity contribution in [2.75, 3.05) is 6.61 Å². The molecule has 0 saturated heterocycles. The summed E-state index contributed by atoms with van der Waals surface area (Å²) in [6.45, 7) is 16.4. The van der Waals surface area contributed by atoms with Crippen molar-refractivity contribution < 1.29 is 23.5 Å². The van der Waals surface area contributed by atoms with Crippen molar-refractivity contribution in [3.63, 3.8) is 0 Å². The fourth-order valence-corrected chi connectivity index (χ4v) is 13.2. The molecule has 0 heterocycles. The SMILES string of the molecule is CCCOC(=O)CCC/C=C\C[C@@H]1[C@@H](CC[C@H](CCc2ccccc2)O[Si](CC)(CC)CC)[C@H](O)C[C@@H]1O[Si](CC)(CC)CC. The Labute approximate surface area is 279 Å². The molecule has 1 fully saturated rings. The molecule has 0 aromatic heterocycles. The summed E-state index contributed by atoms with van der Waals surface area (Å²) in [5.74, 6) is 0.426. The van der Waals surface area contributed by atoms with Gasteiger partial charge in [-0.3, -0.25) is 4.79 Å². The number of aryl methyl sites for hydroxylation is 1. The van der Waals surface area contributed by atoms with E-state index in [9.17, 15) is 9.90 Å². The molecule has 0 aliphatic heterocycles. The molecule has 1 saturated carbocycles. The van der Waals surface area contributed by atoms with Gasteiger partial charge in [-0.2, -0.15) is 0 Å². The van der Waals surface area contributed by atoms with E-state index in [1.807, 2.05) is 6.92 Å². The molecule has 0 radical (unpaired) electrons. The number of ether oxygens (including phenoxy) is 1. The zero-order chi connectivity index (χ0) is 33.1. The summed E-state index contributed by atoms with van der Waals surface area (Å²) < 4.78 is 19.5. The molecule has 1 aromatic carbocycles. The van der Waals surface area contributed by atoms with Crippen LogP contribution in [0.2, 0.25) is 36.3 Å². The number of benzene rings is 1. The Morgan fingerprint density at radius 3 is 2.13 bits per heavy atom. The van der Waals surface area contributed by atoms with Gasteiger partial charge in [0.05, 0.1) is 18.8 Å². The molecular formula is C38H68O5Si2. The number of hydrogen-bond acceptors (Lipinski definition) is 5. The van der Waals surface area contributed by atoms with E-state index in [0.29, 0.717) is 18.9 Å². The molecule has 0 bridgehead atoms. The second-order valence-electron chi connectivity index (χ2n) is 13.4. The summed E-state index contributed by atoms with van der Waals surface area (Å²) in [5, 5.41) is 11.5. The minimum atomic E-state index is -1.81.